The number of ether oxygens (including phenoxy) is 1. The highest BCUT2D eigenvalue weighted by Crippen LogP contribution is 2.43. The zero-order valence-electron chi connectivity index (χ0n) is 9.20. The van der Waals surface area contributed by atoms with Gasteiger partial charge in [-0.3, -0.25) is 0 Å². The number of methoxy groups -OCH3 is 1. The number of benzene rings is 1. The molecule has 0 aliphatic heterocycles. The highest BCUT2D eigenvalue weighted by atomic mass is 32.1. The summed E-state index contributed by atoms with van der Waals surface area (Å²) in [5.74, 6) is 0.937. The number of rotatable bonds is 2. The van der Waals surface area contributed by atoms with Crippen molar-refractivity contribution in [2.45, 2.75) is 36.9 Å². The Morgan fingerprint density at radius 1 is 1.20 bits per heavy atom. The molecule has 2 rings (SSSR count). The molecule has 1 aliphatic carbocycles. The topological polar surface area (TPSA) is 9.23 Å². The summed E-state index contributed by atoms with van der Waals surface area (Å²) in [6.45, 7) is 0. The highest BCUT2D eigenvalue weighted by molar-refractivity contribution is 7.81. The summed E-state index contributed by atoms with van der Waals surface area (Å²) in [6, 6.07) is 8.34. The van der Waals surface area contributed by atoms with Gasteiger partial charge in [0.1, 0.15) is 5.75 Å². The number of hydrogen-bond acceptors (Lipinski definition) is 2. The van der Waals surface area contributed by atoms with Crippen molar-refractivity contribution >= 4 is 12.6 Å². The lowest BCUT2D eigenvalue weighted by Gasteiger charge is -2.33. The SMILES string of the molecule is COc1cccc(C2(S)CCCCC2)c1. The van der Waals surface area contributed by atoms with E-state index in [1.807, 2.05) is 6.07 Å². The molecule has 2 heteroatoms. The molecule has 0 amide bonds. The van der Waals surface area contributed by atoms with E-state index < -0.39 is 0 Å². The molecule has 0 unspecified atom stereocenters. The van der Waals surface area contributed by atoms with Crippen molar-refractivity contribution in [2.24, 2.45) is 0 Å². The Hall–Kier alpha value is -0.630. The zero-order chi connectivity index (χ0) is 10.7. The largest absolute Gasteiger partial charge is 0.497 e. The van der Waals surface area contributed by atoms with Gasteiger partial charge in [-0.25, -0.2) is 0 Å². The number of hydrogen-bond donors (Lipinski definition) is 1. The van der Waals surface area contributed by atoms with Crippen molar-refractivity contribution in [2.75, 3.05) is 7.11 Å². The van der Waals surface area contributed by atoms with Crippen LogP contribution in [0.4, 0.5) is 0 Å². The van der Waals surface area contributed by atoms with E-state index in [1.54, 1.807) is 7.11 Å². The quantitative estimate of drug-likeness (QED) is 0.749. The summed E-state index contributed by atoms with van der Waals surface area (Å²) in [5, 5.41) is 0. The molecule has 0 saturated heterocycles. The van der Waals surface area contributed by atoms with Crippen LogP contribution in [0.2, 0.25) is 0 Å². The minimum absolute atomic E-state index is 0.0762. The molecule has 1 fully saturated rings. The summed E-state index contributed by atoms with van der Waals surface area (Å²) in [5.41, 5.74) is 1.31. The molecule has 0 aromatic heterocycles. The fraction of sp³-hybridized carbons (Fsp3) is 0.538. The van der Waals surface area contributed by atoms with Crippen LogP contribution in [0.1, 0.15) is 37.7 Å². The van der Waals surface area contributed by atoms with Crippen molar-refractivity contribution in [3.63, 3.8) is 0 Å². The second-order valence-electron chi connectivity index (χ2n) is 4.32. The maximum absolute atomic E-state index is 5.26. The summed E-state index contributed by atoms with van der Waals surface area (Å²) >= 11 is 4.87. The van der Waals surface area contributed by atoms with Gasteiger partial charge in [0.2, 0.25) is 0 Å². The van der Waals surface area contributed by atoms with Crippen molar-refractivity contribution in [3.8, 4) is 5.75 Å². The van der Waals surface area contributed by atoms with Crippen molar-refractivity contribution in [1.82, 2.24) is 0 Å². The first-order chi connectivity index (χ1) is 7.24. The molecule has 0 atom stereocenters. The molecular formula is C13H18OS. The van der Waals surface area contributed by atoms with Gasteiger partial charge in [-0.1, -0.05) is 31.4 Å². The highest BCUT2D eigenvalue weighted by Gasteiger charge is 2.29. The molecule has 0 radical (unpaired) electrons. The molecule has 82 valence electrons. The first-order valence-corrected chi connectivity index (χ1v) is 6.06. The van der Waals surface area contributed by atoms with Gasteiger partial charge in [-0.2, -0.15) is 12.6 Å². The van der Waals surface area contributed by atoms with Crippen molar-refractivity contribution in [3.05, 3.63) is 29.8 Å². The lowest BCUT2D eigenvalue weighted by molar-refractivity contribution is 0.398. The first kappa shape index (κ1) is 10.9. The van der Waals surface area contributed by atoms with Gasteiger partial charge in [-0.05, 0) is 30.5 Å². The average molecular weight is 222 g/mol. The molecule has 1 nitrogen and oxygen atoms in total. The molecule has 0 spiro atoms. The number of thiol groups is 1. The van der Waals surface area contributed by atoms with Gasteiger partial charge in [-0.15, -0.1) is 0 Å². The third kappa shape index (κ3) is 2.31. The van der Waals surface area contributed by atoms with Crippen molar-refractivity contribution in [1.29, 1.82) is 0 Å². The Morgan fingerprint density at radius 3 is 2.60 bits per heavy atom. The van der Waals surface area contributed by atoms with Gasteiger partial charge in [0.15, 0.2) is 0 Å². The van der Waals surface area contributed by atoms with Crippen LogP contribution in [-0.2, 0) is 4.75 Å². The molecule has 0 N–H and O–H groups in total. The van der Waals surface area contributed by atoms with Crippen LogP contribution in [-0.4, -0.2) is 7.11 Å². The predicted molar refractivity (Wildman–Crippen MR) is 66.7 cm³/mol. The molecule has 1 aliphatic rings. The first-order valence-electron chi connectivity index (χ1n) is 5.61. The monoisotopic (exact) mass is 222 g/mol. The fourth-order valence-electron chi connectivity index (χ4n) is 2.34. The standard InChI is InChI=1S/C13H18OS/c1-14-12-7-5-6-11(10-12)13(15)8-3-2-4-9-13/h5-7,10,15H,2-4,8-9H2,1H3. The molecule has 1 aromatic rings. The lowest BCUT2D eigenvalue weighted by atomic mass is 9.83. The van der Waals surface area contributed by atoms with Gasteiger partial charge in [0.25, 0.3) is 0 Å². The molecule has 0 bridgehead atoms. The van der Waals surface area contributed by atoms with E-state index in [-0.39, 0.29) is 4.75 Å². The zero-order valence-corrected chi connectivity index (χ0v) is 10.1. The lowest BCUT2D eigenvalue weighted by Crippen LogP contribution is -2.22. The molecule has 15 heavy (non-hydrogen) atoms. The molecule has 1 saturated carbocycles. The molecule has 0 heterocycles. The normalized spacial score (nSPS) is 19.9. The van der Waals surface area contributed by atoms with Gasteiger partial charge < -0.3 is 4.74 Å². The smallest absolute Gasteiger partial charge is 0.119 e. The van der Waals surface area contributed by atoms with Gasteiger partial charge in [0, 0.05) is 4.75 Å². The van der Waals surface area contributed by atoms with E-state index in [4.69, 9.17) is 17.4 Å². The Bertz CT molecular complexity index is 329. The molecular weight excluding hydrogens is 204 g/mol. The van der Waals surface area contributed by atoms with Crippen molar-refractivity contribution < 1.29 is 4.74 Å². The van der Waals surface area contributed by atoms with Gasteiger partial charge in [0.05, 0.1) is 7.11 Å². The van der Waals surface area contributed by atoms with E-state index in [9.17, 15) is 0 Å². The van der Waals surface area contributed by atoms with Gasteiger partial charge >= 0.3 is 0 Å². The third-order valence-electron chi connectivity index (χ3n) is 3.29. The van der Waals surface area contributed by atoms with Crippen LogP contribution in [0, 0.1) is 0 Å². The fourth-order valence-corrected chi connectivity index (χ4v) is 2.79. The Kier molecular flexibility index (Phi) is 3.25. The average Bonchev–Trinajstić information content (AvgIpc) is 2.30. The van der Waals surface area contributed by atoms with Crippen LogP contribution in [0.15, 0.2) is 24.3 Å². The van der Waals surface area contributed by atoms with Crippen LogP contribution in [0.3, 0.4) is 0 Å². The van der Waals surface area contributed by atoms with E-state index in [0.717, 1.165) is 5.75 Å². The Labute approximate surface area is 97.2 Å². The van der Waals surface area contributed by atoms with Crippen LogP contribution in [0.5, 0.6) is 5.75 Å². The third-order valence-corrected chi connectivity index (χ3v) is 3.99. The van der Waals surface area contributed by atoms with Crippen LogP contribution in [0.25, 0.3) is 0 Å². The summed E-state index contributed by atoms with van der Waals surface area (Å²) in [6.07, 6.45) is 6.31. The second-order valence-corrected chi connectivity index (χ2v) is 5.18. The summed E-state index contributed by atoms with van der Waals surface area (Å²) in [7, 11) is 1.71. The summed E-state index contributed by atoms with van der Waals surface area (Å²) in [4.78, 5) is 0. The van der Waals surface area contributed by atoms with E-state index in [2.05, 4.69) is 18.2 Å². The van der Waals surface area contributed by atoms with E-state index in [1.165, 1.54) is 37.7 Å². The van der Waals surface area contributed by atoms with Crippen LogP contribution < -0.4 is 4.74 Å². The Balaban J connectivity index is 2.26. The maximum Gasteiger partial charge on any atom is 0.119 e. The van der Waals surface area contributed by atoms with E-state index in [0.29, 0.717) is 0 Å². The minimum atomic E-state index is 0.0762. The van der Waals surface area contributed by atoms with Crippen LogP contribution >= 0.6 is 12.6 Å². The summed E-state index contributed by atoms with van der Waals surface area (Å²) < 4.78 is 5.33. The van der Waals surface area contributed by atoms with E-state index >= 15 is 0 Å². The second kappa shape index (κ2) is 4.48. The Morgan fingerprint density at radius 2 is 1.93 bits per heavy atom. The molecule has 1 aromatic carbocycles. The minimum Gasteiger partial charge on any atom is -0.497 e. The maximum atomic E-state index is 5.26. The predicted octanol–water partition coefficient (Wildman–Crippen LogP) is 3.78.